The Morgan fingerprint density at radius 1 is 1.38 bits per heavy atom. The zero-order valence-electron chi connectivity index (χ0n) is 7.98. The van der Waals surface area contributed by atoms with Crippen LogP contribution in [-0.4, -0.2) is 16.5 Å². The van der Waals surface area contributed by atoms with Crippen LogP contribution in [0.2, 0.25) is 0 Å². The summed E-state index contributed by atoms with van der Waals surface area (Å²) in [5.41, 5.74) is 0.624. The quantitative estimate of drug-likeness (QED) is 0.557. The van der Waals surface area contributed by atoms with Crippen molar-refractivity contribution in [2.75, 3.05) is 6.54 Å². The van der Waals surface area contributed by atoms with Crippen LogP contribution in [0.4, 0.5) is 0 Å². The van der Waals surface area contributed by atoms with Crippen LogP contribution >= 0.6 is 0 Å². The van der Waals surface area contributed by atoms with Gasteiger partial charge in [-0.15, -0.1) is 0 Å². The lowest BCUT2D eigenvalue weighted by Gasteiger charge is -1.97. The van der Waals surface area contributed by atoms with Gasteiger partial charge in [-0.05, 0) is 18.6 Å². The molecule has 0 aliphatic rings. The SMILES string of the molecule is CCCCCN=c1ccccn1O. The molecule has 72 valence electrons. The van der Waals surface area contributed by atoms with Gasteiger partial charge in [0.1, 0.15) is 0 Å². The molecule has 0 aliphatic heterocycles. The van der Waals surface area contributed by atoms with E-state index in [-0.39, 0.29) is 0 Å². The molecule has 13 heavy (non-hydrogen) atoms. The number of aromatic nitrogens is 1. The predicted molar refractivity (Wildman–Crippen MR) is 51.6 cm³/mol. The van der Waals surface area contributed by atoms with E-state index < -0.39 is 0 Å². The minimum Gasteiger partial charge on any atom is -0.427 e. The van der Waals surface area contributed by atoms with Crippen LogP contribution in [0.25, 0.3) is 0 Å². The second kappa shape index (κ2) is 5.41. The minimum atomic E-state index is 0.624. The molecular weight excluding hydrogens is 164 g/mol. The van der Waals surface area contributed by atoms with Crippen molar-refractivity contribution in [1.82, 2.24) is 4.73 Å². The Morgan fingerprint density at radius 3 is 2.92 bits per heavy atom. The van der Waals surface area contributed by atoms with Gasteiger partial charge in [0.15, 0.2) is 5.49 Å². The number of rotatable bonds is 4. The van der Waals surface area contributed by atoms with Crippen molar-refractivity contribution in [2.45, 2.75) is 26.2 Å². The molecule has 0 saturated heterocycles. The summed E-state index contributed by atoms with van der Waals surface area (Å²) in [5.74, 6) is 0. The standard InChI is InChI=1S/C10H16N2O/c1-2-3-5-8-11-10-7-4-6-9-12(10)13/h4,6-7,9,13H,2-3,5,8H2,1H3. The summed E-state index contributed by atoms with van der Waals surface area (Å²) in [7, 11) is 0. The number of unbranched alkanes of at least 4 members (excludes halogenated alkanes) is 2. The van der Waals surface area contributed by atoms with Crippen molar-refractivity contribution in [3.05, 3.63) is 29.9 Å². The van der Waals surface area contributed by atoms with E-state index in [1.807, 2.05) is 6.07 Å². The zero-order valence-corrected chi connectivity index (χ0v) is 7.98. The summed E-state index contributed by atoms with van der Waals surface area (Å²) < 4.78 is 1.05. The van der Waals surface area contributed by atoms with E-state index in [4.69, 9.17) is 0 Å². The van der Waals surface area contributed by atoms with E-state index in [0.717, 1.165) is 17.7 Å². The highest BCUT2D eigenvalue weighted by atomic mass is 16.5. The first-order valence-electron chi connectivity index (χ1n) is 4.72. The third-order valence-electron chi connectivity index (χ3n) is 1.85. The largest absolute Gasteiger partial charge is 0.427 e. The lowest BCUT2D eigenvalue weighted by atomic mass is 10.2. The van der Waals surface area contributed by atoms with Crippen molar-refractivity contribution in [3.8, 4) is 0 Å². The third-order valence-corrected chi connectivity index (χ3v) is 1.85. The highest BCUT2D eigenvalue weighted by molar-refractivity contribution is 4.90. The highest BCUT2D eigenvalue weighted by Crippen LogP contribution is 1.92. The Balaban J connectivity index is 2.55. The Kier molecular flexibility index (Phi) is 4.09. The first-order chi connectivity index (χ1) is 6.34. The Morgan fingerprint density at radius 2 is 2.23 bits per heavy atom. The Labute approximate surface area is 78.3 Å². The molecule has 0 fully saturated rings. The maximum absolute atomic E-state index is 9.29. The van der Waals surface area contributed by atoms with Crippen molar-refractivity contribution in [1.29, 1.82) is 0 Å². The summed E-state index contributed by atoms with van der Waals surface area (Å²) in [6.45, 7) is 2.95. The average Bonchev–Trinajstić information content (AvgIpc) is 2.15. The van der Waals surface area contributed by atoms with E-state index in [0.29, 0.717) is 5.49 Å². The molecule has 0 unspecified atom stereocenters. The second-order valence-electron chi connectivity index (χ2n) is 2.99. The molecule has 0 atom stereocenters. The van der Waals surface area contributed by atoms with Crippen LogP contribution < -0.4 is 5.49 Å². The van der Waals surface area contributed by atoms with Crippen molar-refractivity contribution < 1.29 is 5.21 Å². The van der Waals surface area contributed by atoms with E-state index in [2.05, 4.69) is 11.9 Å². The Bertz CT molecular complexity index is 304. The van der Waals surface area contributed by atoms with Gasteiger partial charge in [-0.3, -0.25) is 4.99 Å². The number of hydrogen-bond acceptors (Lipinski definition) is 2. The maximum atomic E-state index is 9.29. The van der Waals surface area contributed by atoms with Gasteiger partial charge in [0.05, 0.1) is 0 Å². The van der Waals surface area contributed by atoms with Gasteiger partial charge >= 0.3 is 0 Å². The fourth-order valence-electron chi connectivity index (χ4n) is 1.11. The van der Waals surface area contributed by atoms with Gasteiger partial charge in [-0.1, -0.05) is 25.8 Å². The number of pyridine rings is 1. The molecular formula is C10H16N2O. The molecule has 0 saturated carbocycles. The van der Waals surface area contributed by atoms with Gasteiger partial charge < -0.3 is 5.21 Å². The van der Waals surface area contributed by atoms with Gasteiger partial charge in [0.25, 0.3) is 0 Å². The molecule has 0 aromatic carbocycles. The van der Waals surface area contributed by atoms with Crippen molar-refractivity contribution >= 4 is 0 Å². The van der Waals surface area contributed by atoms with Gasteiger partial charge in [0, 0.05) is 12.7 Å². The first-order valence-corrected chi connectivity index (χ1v) is 4.72. The molecule has 0 radical (unpaired) electrons. The molecule has 0 bridgehead atoms. The van der Waals surface area contributed by atoms with Crippen LogP contribution in [0, 0.1) is 0 Å². The molecule has 0 spiro atoms. The first kappa shape index (κ1) is 9.84. The van der Waals surface area contributed by atoms with E-state index in [1.54, 1.807) is 18.3 Å². The molecule has 1 aromatic heterocycles. The molecule has 0 aliphatic carbocycles. The van der Waals surface area contributed by atoms with Gasteiger partial charge in [0.2, 0.25) is 0 Å². The fraction of sp³-hybridized carbons (Fsp3) is 0.500. The molecule has 0 amide bonds. The van der Waals surface area contributed by atoms with E-state index >= 15 is 0 Å². The van der Waals surface area contributed by atoms with Crippen LogP contribution in [0.5, 0.6) is 0 Å². The van der Waals surface area contributed by atoms with Crippen LogP contribution in [0.1, 0.15) is 26.2 Å². The third kappa shape index (κ3) is 3.32. The van der Waals surface area contributed by atoms with Gasteiger partial charge in [-0.2, -0.15) is 4.73 Å². The smallest absolute Gasteiger partial charge is 0.163 e. The van der Waals surface area contributed by atoms with Crippen molar-refractivity contribution in [3.63, 3.8) is 0 Å². The molecule has 3 heteroatoms. The molecule has 1 N–H and O–H groups in total. The monoisotopic (exact) mass is 180 g/mol. The van der Waals surface area contributed by atoms with Crippen LogP contribution in [-0.2, 0) is 0 Å². The van der Waals surface area contributed by atoms with Crippen LogP contribution in [0.3, 0.4) is 0 Å². The molecule has 1 aromatic rings. The predicted octanol–water partition coefficient (Wildman–Crippen LogP) is 1.82. The number of nitrogens with zero attached hydrogens (tertiary/aromatic N) is 2. The van der Waals surface area contributed by atoms with E-state index in [9.17, 15) is 5.21 Å². The summed E-state index contributed by atoms with van der Waals surface area (Å²) in [6, 6.07) is 5.43. The fourth-order valence-corrected chi connectivity index (χ4v) is 1.11. The topological polar surface area (TPSA) is 37.5 Å². The lowest BCUT2D eigenvalue weighted by Crippen LogP contribution is -2.17. The maximum Gasteiger partial charge on any atom is 0.163 e. The molecule has 1 rings (SSSR count). The second-order valence-corrected chi connectivity index (χ2v) is 2.99. The summed E-state index contributed by atoms with van der Waals surface area (Å²) in [4.78, 5) is 4.26. The minimum absolute atomic E-state index is 0.624. The van der Waals surface area contributed by atoms with Gasteiger partial charge in [-0.25, -0.2) is 0 Å². The highest BCUT2D eigenvalue weighted by Gasteiger charge is 1.86. The zero-order chi connectivity index (χ0) is 9.52. The summed E-state index contributed by atoms with van der Waals surface area (Å²) in [5, 5.41) is 9.29. The normalized spacial score (nSPS) is 11.9. The van der Waals surface area contributed by atoms with E-state index in [1.165, 1.54) is 12.8 Å². The van der Waals surface area contributed by atoms with Crippen LogP contribution in [0.15, 0.2) is 29.4 Å². The number of hydrogen-bond donors (Lipinski definition) is 1. The average molecular weight is 180 g/mol. The summed E-state index contributed by atoms with van der Waals surface area (Å²) in [6.07, 6.45) is 5.06. The Hall–Kier alpha value is -1.25. The van der Waals surface area contributed by atoms with Crippen molar-refractivity contribution in [2.24, 2.45) is 4.99 Å². The molecule has 1 heterocycles. The molecule has 3 nitrogen and oxygen atoms in total. The lowest BCUT2D eigenvalue weighted by molar-refractivity contribution is 0.171. The summed E-state index contributed by atoms with van der Waals surface area (Å²) >= 11 is 0.